The Morgan fingerprint density at radius 2 is 1.78 bits per heavy atom. The summed E-state index contributed by atoms with van der Waals surface area (Å²) in [4.78, 5) is 16.9. The van der Waals surface area contributed by atoms with Crippen LogP contribution in [-0.4, -0.2) is 11.1 Å². The number of hydrogen-bond donors (Lipinski definition) is 1. The summed E-state index contributed by atoms with van der Waals surface area (Å²) in [6.07, 6.45) is 1.74. The molecule has 116 valence electrons. The summed E-state index contributed by atoms with van der Waals surface area (Å²) in [6, 6.07) is 12.3. The largest absolute Gasteiger partial charge is 0.300 e. The van der Waals surface area contributed by atoms with E-state index in [9.17, 15) is 4.79 Å². The Balaban J connectivity index is 1.86. The molecule has 1 saturated heterocycles. The molecule has 3 rings (SSSR count). The van der Waals surface area contributed by atoms with Crippen molar-refractivity contribution in [2.24, 2.45) is 4.99 Å². The molecule has 2 aromatic carbocycles. The van der Waals surface area contributed by atoms with Gasteiger partial charge in [-0.2, -0.15) is 0 Å². The summed E-state index contributed by atoms with van der Waals surface area (Å²) in [7, 11) is 0. The zero-order valence-electron chi connectivity index (χ0n) is 11.5. The van der Waals surface area contributed by atoms with E-state index in [0.29, 0.717) is 30.8 Å². The van der Waals surface area contributed by atoms with E-state index >= 15 is 0 Å². The number of aliphatic imine (C=N–C) groups is 1. The van der Waals surface area contributed by atoms with Gasteiger partial charge >= 0.3 is 0 Å². The lowest BCUT2D eigenvalue weighted by Gasteiger charge is -1.99. The van der Waals surface area contributed by atoms with Gasteiger partial charge < -0.3 is 5.32 Å². The lowest BCUT2D eigenvalue weighted by molar-refractivity contribution is -0.115. The van der Waals surface area contributed by atoms with Gasteiger partial charge in [-0.25, -0.2) is 4.99 Å². The standard InChI is InChI=1S/C16H9Cl3N2OS/c17-11-4-2-1-3-9(11)7-14-15(22)21-16(23-14)20-10-5-6-12(18)13(19)8-10/h1-8H,(H,20,21,22)/b14-7+. The summed E-state index contributed by atoms with van der Waals surface area (Å²) in [6.45, 7) is 0. The van der Waals surface area contributed by atoms with Crippen molar-refractivity contribution < 1.29 is 4.79 Å². The Morgan fingerprint density at radius 3 is 2.52 bits per heavy atom. The highest BCUT2D eigenvalue weighted by atomic mass is 35.5. The number of nitrogens with zero attached hydrogens (tertiary/aromatic N) is 1. The van der Waals surface area contributed by atoms with Gasteiger partial charge in [-0.15, -0.1) is 0 Å². The van der Waals surface area contributed by atoms with Crippen molar-refractivity contribution in [3.05, 3.63) is 68.0 Å². The van der Waals surface area contributed by atoms with Crippen LogP contribution in [0.25, 0.3) is 6.08 Å². The number of amidine groups is 1. The highest BCUT2D eigenvalue weighted by Gasteiger charge is 2.24. The Labute approximate surface area is 152 Å². The van der Waals surface area contributed by atoms with E-state index in [0.717, 1.165) is 5.56 Å². The molecule has 0 spiro atoms. The maximum atomic E-state index is 12.0. The SMILES string of the molecule is O=C1NC(=Nc2ccc(Cl)c(Cl)c2)S/C1=C/c1ccccc1Cl. The molecule has 23 heavy (non-hydrogen) atoms. The van der Waals surface area contributed by atoms with Gasteiger partial charge in [0.15, 0.2) is 5.17 Å². The summed E-state index contributed by atoms with van der Waals surface area (Å²) in [5, 5.41) is 4.65. The lowest BCUT2D eigenvalue weighted by Crippen LogP contribution is -2.19. The quantitative estimate of drug-likeness (QED) is 0.692. The normalized spacial score (nSPS) is 17.8. The van der Waals surface area contributed by atoms with Crippen molar-refractivity contribution in [2.75, 3.05) is 0 Å². The van der Waals surface area contributed by atoms with Crippen molar-refractivity contribution in [3.63, 3.8) is 0 Å². The molecular weight excluding hydrogens is 375 g/mol. The van der Waals surface area contributed by atoms with Gasteiger partial charge in [-0.1, -0.05) is 53.0 Å². The molecule has 1 fully saturated rings. The van der Waals surface area contributed by atoms with Crippen LogP contribution in [-0.2, 0) is 4.79 Å². The van der Waals surface area contributed by atoms with E-state index in [-0.39, 0.29) is 5.91 Å². The predicted octanol–water partition coefficient (Wildman–Crippen LogP) is 5.54. The Kier molecular flexibility index (Phi) is 4.97. The van der Waals surface area contributed by atoms with Gasteiger partial charge in [0, 0.05) is 5.02 Å². The van der Waals surface area contributed by atoms with Gasteiger partial charge in [-0.05, 0) is 47.7 Å². The topological polar surface area (TPSA) is 41.5 Å². The second-order valence-corrected chi connectivity index (χ2v) is 6.85. The Hall–Kier alpha value is -1.46. The molecule has 7 heteroatoms. The fourth-order valence-corrected chi connectivity index (χ4v) is 3.20. The van der Waals surface area contributed by atoms with Gasteiger partial charge in [0.05, 0.1) is 20.6 Å². The summed E-state index contributed by atoms with van der Waals surface area (Å²) in [5.41, 5.74) is 1.39. The van der Waals surface area contributed by atoms with Crippen molar-refractivity contribution >= 4 is 69.4 Å². The summed E-state index contributed by atoms with van der Waals surface area (Å²) < 4.78 is 0. The molecular formula is C16H9Cl3N2OS. The lowest BCUT2D eigenvalue weighted by atomic mass is 10.2. The number of thioether (sulfide) groups is 1. The molecule has 1 N–H and O–H groups in total. The number of carbonyl (C=O) groups is 1. The molecule has 3 nitrogen and oxygen atoms in total. The first-order chi connectivity index (χ1) is 11.0. The third-order valence-corrected chi connectivity index (χ3v) is 4.97. The summed E-state index contributed by atoms with van der Waals surface area (Å²) in [5.74, 6) is -0.214. The Bertz CT molecular complexity index is 849. The first kappa shape index (κ1) is 16.4. The Morgan fingerprint density at radius 1 is 1.00 bits per heavy atom. The molecule has 0 radical (unpaired) electrons. The first-order valence-corrected chi connectivity index (χ1v) is 8.47. The van der Waals surface area contributed by atoms with Gasteiger partial charge in [-0.3, -0.25) is 4.79 Å². The number of hydrogen-bond acceptors (Lipinski definition) is 3. The van der Waals surface area contributed by atoms with E-state index in [1.54, 1.807) is 30.3 Å². The minimum atomic E-state index is -0.214. The average Bonchev–Trinajstić information content (AvgIpc) is 2.85. The van der Waals surface area contributed by atoms with Crippen LogP contribution in [0.1, 0.15) is 5.56 Å². The zero-order chi connectivity index (χ0) is 16.4. The average molecular weight is 384 g/mol. The number of halogens is 3. The van der Waals surface area contributed by atoms with Crippen LogP contribution in [0.4, 0.5) is 5.69 Å². The molecule has 0 aromatic heterocycles. The summed E-state index contributed by atoms with van der Waals surface area (Å²) >= 11 is 19.2. The van der Waals surface area contributed by atoms with E-state index in [1.807, 2.05) is 18.2 Å². The minimum absolute atomic E-state index is 0.214. The number of rotatable bonds is 2. The molecule has 2 aromatic rings. The third-order valence-electron chi connectivity index (χ3n) is 2.98. The fraction of sp³-hybridized carbons (Fsp3) is 0. The number of benzene rings is 2. The van der Waals surface area contributed by atoms with Crippen LogP contribution in [0.2, 0.25) is 15.1 Å². The van der Waals surface area contributed by atoms with Gasteiger partial charge in [0.2, 0.25) is 0 Å². The monoisotopic (exact) mass is 382 g/mol. The van der Waals surface area contributed by atoms with Crippen molar-refractivity contribution in [2.45, 2.75) is 0 Å². The minimum Gasteiger partial charge on any atom is -0.300 e. The number of nitrogens with one attached hydrogen (secondary N) is 1. The van der Waals surface area contributed by atoms with E-state index < -0.39 is 0 Å². The van der Waals surface area contributed by atoms with Gasteiger partial charge in [0.1, 0.15) is 0 Å². The molecule has 1 aliphatic rings. The molecule has 1 heterocycles. The molecule has 0 unspecified atom stereocenters. The number of carbonyl (C=O) groups excluding carboxylic acids is 1. The van der Waals surface area contributed by atoms with E-state index in [4.69, 9.17) is 34.8 Å². The van der Waals surface area contributed by atoms with Crippen LogP contribution in [0.3, 0.4) is 0 Å². The van der Waals surface area contributed by atoms with Crippen molar-refractivity contribution in [3.8, 4) is 0 Å². The molecule has 0 saturated carbocycles. The first-order valence-electron chi connectivity index (χ1n) is 6.52. The maximum Gasteiger partial charge on any atom is 0.264 e. The fourth-order valence-electron chi connectivity index (χ4n) is 1.89. The van der Waals surface area contributed by atoms with E-state index in [1.165, 1.54) is 11.8 Å². The third kappa shape index (κ3) is 3.90. The highest BCUT2D eigenvalue weighted by molar-refractivity contribution is 8.18. The van der Waals surface area contributed by atoms with Crippen LogP contribution in [0.15, 0.2) is 52.4 Å². The predicted molar refractivity (Wildman–Crippen MR) is 98.7 cm³/mol. The molecule has 1 aliphatic heterocycles. The second kappa shape index (κ2) is 6.97. The maximum absolute atomic E-state index is 12.0. The molecule has 1 amide bonds. The van der Waals surface area contributed by atoms with Crippen LogP contribution < -0.4 is 5.32 Å². The molecule has 0 atom stereocenters. The number of amides is 1. The highest BCUT2D eigenvalue weighted by Crippen LogP contribution is 2.31. The van der Waals surface area contributed by atoms with Gasteiger partial charge in [0.25, 0.3) is 5.91 Å². The smallest absolute Gasteiger partial charge is 0.264 e. The molecule has 0 bridgehead atoms. The van der Waals surface area contributed by atoms with Crippen LogP contribution >= 0.6 is 46.6 Å². The molecule has 0 aliphatic carbocycles. The second-order valence-electron chi connectivity index (χ2n) is 4.60. The van der Waals surface area contributed by atoms with Crippen LogP contribution in [0, 0.1) is 0 Å². The zero-order valence-corrected chi connectivity index (χ0v) is 14.6. The van der Waals surface area contributed by atoms with Crippen LogP contribution in [0.5, 0.6) is 0 Å². The van der Waals surface area contributed by atoms with E-state index in [2.05, 4.69) is 10.3 Å². The van der Waals surface area contributed by atoms with Crippen molar-refractivity contribution in [1.82, 2.24) is 5.32 Å². The van der Waals surface area contributed by atoms with Crippen molar-refractivity contribution in [1.29, 1.82) is 0 Å².